The molecule has 5 rings (SSSR count). The molecule has 0 atom stereocenters. The van der Waals surface area contributed by atoms with Gasteiger partial charge in [0.15, 0.2) is 5.82 Å². The van der Waals surface area contributed by atoms with Gasteiger partial charge in [-0.05, 0) is 66.3 Å². The lowest BCUT2D eigenvalue weighted by Crippen LogP contribution is -2.07. The number of carbonyl (C=O) groups is 1. The second-order valence-electron chi connectivity index (χ2n) is 9.07. The maximum absolute atomic E-state index is 11.8. The number of hydrogen-bond acceptors (Lipinski definition) is 4. The van der Waals surface area contributed by atoms with Crippen LogP contribution in [0.2, 0.25) is 0 Å². The smallest absolute Gasteiger partial charge is 0.247 e. The molecule has 3 aromatic carbocycles. The standard InChI is InChI=1S/C32H29N5O/c1-2-32(38)33-27-15-9-14-26(21-27)29-19-25(18-24-12-7-4-8-13-24)20-30(34-29)35-31-22-28(36-37-31)17-16-23-10-5-3-6-11-23/h2-15,19-22H,1,16-18H2,(H,33,38)(H2,34,35,36,37). The van der Waals surface area contributed by atoms with Crippen LogP contribution in [0.15, 0.2) is 116 Å². The number of carbonyl (C=O) groups excluding carboxylic acids is 1. The van der Waals surface area contributed by atoms with Crippen LogP contribution in [0.5, 0.6) is 0 Å². The lowest BCUT2D eigenvalue weighted by molar-refractivity contribution is -0.111. The fraction of sp³-hybridized carbons (Fsp3) is 0.0938. The summed E-state index contributed by atoms with van der Waals surface area (Å²) in [5, 5.41) is 13.8. The van der Waals surface area contributed by atoms with E-state index in [-0.39, 0.29) is 5.91 Å². The second kappa shape index (κ2) is 11.8. The van der Waals surface area contributed by atoms with Gasteiger partial charge in [0.05, 0.1) is 5.69 Å². The SMILES string of the molecule is C=CC(=O)Nc1cccc(-c2cc(Cc3ccccc3)cc(Nc3cc(CCc4ccccc4)[nH]n3)n2)c1. The largest absolute Gasteiger partial charge is 0.323 e. The van der Waals surface area contributed by atoms with Gasteiger partial charge >= 0.3 is 0 Å². The summed E-state index contributed by atoms with van der Waals surface area (Å²) in [4.78, 5) is 16.7. The van der Waals surface area contributed by atoms with Crippen molar-refractivity contribution in [3.05, 3.63) is 138 Å². The third-order valence-corrected chi connectivity index (χ3v) is 6.16. The van der Waals surface area contributed by atoms with Crippen LogP contribution in [0.4, 0.5) is 17.3 Å². The van der Waals surface area contributed by atoms with E-state index in [4.69, 9.17) is 4.98 Å². The van der Waals surface area contributed by atoms with Crippen molar-refractivity contribution in [1.29, 1.82) is 0 Å². The molecule has 1 amide bonds. The molecule has 6 nitrogen and oxygen atoms in total. The number of pyridine rings is 1. The van der Waals surface area contributed by atoms with Gasteiger partial charge < -0.3 is 10.6 Å². The van der Waals surface area contributed by atoms with Crippen LogP contribution >= 0.6 is 0 Å². The molecule has 0 aliphatic heterocycles. The molecule has 0 aliphatic rings. The highest BCUT2D eigenvalue weighted by Gasteiger charge is 2.10. The lowest BCUT2D eigenvalue weighted by atomic mass is 10.0. The van der Waals surface area contributed by atoms with Crippen LogP contribution in [-0.4, -0.2) is 21.1 Å². The first-order valence-electron chi connectivity index (χ1n) is 12.6. The van der Waals surface area contributed by atoms with E-state index in [9.17, 15) is 4.79 Å². The van der Waals surface area contributed by atoms with Crippen LogP contribution in [0, 0.1) is 0 Å². The van der Waals surface area contributed by atoms with Crippen molar-refractivity contribution in [2.24, 2.45) is 0 Å². The topological polar surface area (TPSA) is 82.7 Å². The first kappa shape index (κ1) is 24.7. The average molecular weight is 500 g/mol. The van der Waals surface area contributed by atoms with Crippen molar-refractivity contribution >= 4 is 23.2 Å². The molecule has 0 aliphatic carbocycles. The summed E-state index contributed by atoms with van der Waals surface area (Å²) in [6.45, 7) is 3.53. The minimum Gasteiger partial charge on any atom is -0.323 e. The van der Waals surface area contributed by atoms with Crippen LogP contribution in [0.1, 0.15) is 22.4 Å². The maximum Gasteiger partial charge on any atom is 0.247 e. The fourth-order valence-corrected chi connectivity index (χ4v) is 4.29. The van der Waals surface area contributed by atoms with Gasteiger partial charge in [-0.15, -0.1) is 0 Å². The summed E-state index contributed by atoms with van der Waals surface area (Å²) in [7, 11) is 0. The molecule has 0 fully saturated rings. The Balaban J connectivity index is 1.40. The Morgan fingerprint density at radius 2 is 1.55 bits per heavy atom. The first-order valence-corrected chi connectivity index (χ1v) is 12.6. The quantitative estimate of drug-likeness (QED) is 0.186. The van der Waals surface area contributed by atoms with Gasteiger partial charge in [0.25, 0.3) is 0 Å². The van der Waals surface area contributed by atoms with Gasteiger partial charge in [0.2, 0.25) is 5.91 Å². The Morgan fingerprint density at radius 3 is 2.32 bits per heavy atom. The van der Waals surface area contributed by atoms with E-state index in [0.717, 1.165) is 47.6 Å². The molecule has 5 aromatic rings. The molecule has 6 heteroatoms. The molecule has 0 spiro atoms. The van der Waals surface area contributed by atoms with Gasteiger partial charge in [0.1, 0.15) is 5.82 Å². The Hall–Kier alpha value is -4.97. The zero-order valence-corrected chi connectivity index (χ0v) is 21.0. The Bertz CT molecular complexity index is 1530. The molecule has 2 aromatic heterocycles. The number of anilines is 3. The number of amides is 1. The van der Waals surface area contributed by atoms with Crippen molar-refractivity contribution in [3.63, 3.8) is 0 Å². The Labute approximate surface area is 222 Å². The van der Waals surface area contributed by atoms with E-state index in [1.54, 1.807) is 0 Å². The molecule has 0 saturated heterocycles. The van der Waals surface area contributed by atoms with Crippen LogP contribution in [-0.2, 0) is 24.1 Å². The Morgan fingerprint density at radius 1 is 0.789 bits per heavy atom. The van der Waals surface area contributed by atoms with Crippen molar-refractivity contribution < 1.29 is 4.79 Å². The van der Waals surface area contributed by atoms with Crippen molar-refractivity contribution in [2.45, 2.75) is 19.3 Å². The van der Waals surface area contributed by atoms with Gasteiger partial charge in [-0.1, -0.05) is 79.4 Å². The molecule has 188 valence electrons. The summed E-state index contributed by atoms with van der Waals surface area (Å²) in [5.41, 5.74) is 7.07. The number of nitrogens with one attached hydrogen (secondary N) is 3. The molecule has 2 heterocycles. The highest BCUT2D eigenvalue weighted by Crippen LogP contribution is 2.26. The predicted octanol–water partition coefficient (Wildman–Crippen LogP) is 6.72. The first-order chi connectivity index (χ1) is 18.6. The van der Waals surface area contributed by atoms with Crippen molar-refractivity contribution in [2.75, 3.05) is 10.6 Å². The van der Waals surface area contributed by atoms with E-state index in [1.807, 2.05) is 54.6 Å². The minimum atomic E-state index is -0.253. The van der Waals surface area contributed by atoms with Gasteiger partial charge in [0, 0.05) is 23.0 Å². The van der Waals surface area contributed by atoms with Gasteiger partial charge in [-0.2, -0.15) is 5.10 Å². The van der Waals surface area contributed by atoms with E-state index in [0.29, 0.717) is 11.5 Å². The van der Waals surface area contributed by atoms with Gasteiger partial charge in [-0.3, -0.25) is 9.89 Å². The van der Waals surface area contributed by atoms with E-state index in [1.165, 1.54) is 17.2 Å². The summed E-state index contributed by atoms with van der Waals surface area (Å²) in [6, 6.07) is 34.6. The molecule has 0 unspecified atom stereocenters. The number of benzene rings is 3. The summed E-state index contributed by atoms with van der Waals surface area (Å²) >= 11 is 0. The molecule has 38 heavy (non-hydrogen) atoms. The number of nitrogens with zero attached hydrogens (tertiary/aromatic N) is 2. The number of hydrogen-bond donors (Lipinski definition) is 3. The number of H-pyrrole nitrogens is 1. The average Bonchev–Trinajstić information content (AvgIpc) is 3.40. The zero-order valence-electron chi connectivity index (χ0n) is 21.0. The maximum atomic E-state index is 11.8. The highest BCUT2D eigenvalue weighted by atomic mass is 16.1. The zero-order chi connectivity index (χ0) is 26.2. The van der Waals surface area contributed by atoms with Crippen LogP contribution in [0.3, 0.4) is 0 Å². The van der Waals surface area contributed by atoms with Gasteiger partial charge in [-0.25, -0.2) is 4.98 Å². The molecule has 3 N–H and O–H groups in total. The molecular formula is C32H29N5O. The molecular weight excluding hydrogens is 470 g/mol. The third-order valence-electron chi connectivity index (χ3n) is 6.16. The van der Waals surface area contributed by atoms with Crippen LogP contribution in [0.25, 0.3) is 11.3 Å². The minimum absolute atomic E-state index is 0.253. The molecule has 0 saturated carbocycles. The number of aromatic nitrogens is 3. The van der Waals surface area contributed by atoms with E-state index in [2.05, 4.69) is 75.9 Å². The fourth-order valence-electron chi connectivity index (χ4n) is 4.29. The van der Waals surface area contributed by atoms with E-state index < -0.39 is 0 Å². The molecule has 0 radical (unpaired) electrons. The second-order valence-corrected chi connectivity index (χ2v) is 9.07. The lowest BCUT2D eigenvalue weighted by Gasteiger charge is -2.11. The van der Waals surface area contributed by atoms with Crippen molar-refractivity contribution in [3.8, 4) is 11.3 Å². The monoisotopic (exact) mass is 499 g/mol. The van der Waals surface area contributed by atoms with Crippen molar-refractivity contribution in [1.82, 2.24) is 15.2 Å². The van der Waals surface area contributed by atoms with E-state index >= 15 is 0 Å². The Kier molecular flexibility index (Phi) is 7.70. The predicted molar refractivity (Wildman–Crippen MR) is 153 cm³/mol. The highest BCUT2D eigenvalue weighted by molar-refractivity contribution is 5.99. The summed E-state index contributed by atoms with van der Waals surface area (Å²) in [5.74, 6) is 1.17. The summed E-state index contributed by atoms with van der Waals surface area (Å²) < 4.78 is 0. The third kappa shape index (κ3) is 6.62. The normalized spacial score (nSPS) is 10.6. The number of rotatable bonds is 10. The van der Waals surface area contributed by atoms with Crippen LogP contribution < -0.4 is 10.6 Å². The number of aromatic amines is 1. The molecule has 0 bridgehead atoms. The summed E-state index contributed by atoms with van der Waals surface area (Å²) in [6.07, 6.45) is 3.83. The number of aryl methyl sites for hydroxylation is 2.